The predicted octanol–water partition coefficient (Wildman–Crippen LogP) is 4.16. The molecule has 0 spiro atoms. The molecule has 0 aliphatic rings. The fraction of sp³-hybridized carbons (Fsp3) is 0.375. The molecule has 1 heterocycles. The van der Waals surface area contributed by atoms with Gasteiger partial charge in [0.15, 0.2) is 5.13 Å². The fourth-order valence-electron chi connectivity index (χ4n) is 1.77. The summed E-state index contributed by atoms with van der Waals surface area (Å²) in [5.41, 5.74) is 1.05. The first kappa shape index (κ1) is 16.4. The summed E-state index contributed by atoms with van der Waals surface area (Å²) in [6.07, 6.45) is 0. The van der Waals surface area contributed by atoms with Crippen LogP contribution in [0.5, 0.6) is 0 Å². The van der Waals surface area contributed by atoms with Crippen LogP contribution >= 0.6 is 11.3 Å². The Hall–Kier alpha value is -1.95. The average molecular weight is 322 g/mol. The number of carbonyl (C=O) groups is 1. The number of hydrogen-bond acceptors (Lipinski definition) is 5. The van der Waals surface area contributed by atoms with Gasteiger partial charge in [-0.2, -0.15) is 0 Å². The van der Waals surface area contributed by atoms with Crippen LogP contribution in [0.2, 0.25) is 0 Å². The molecule has 118 valence electrons. The van der Waals surface area contributed by atoms with Gasteiger partial charge >= 0.3 is 5.97 Å². The molecule has 0 amide bonds. The molecule has 0 unspecified atom stereocenters. The number of hydrogen-bond donors (Lipinski definition) is 1. The third-order valence-corrected chi connectivity index (χ3v) is 3.83. The van der Waals surface area contributed by atoms with Gasteiger partial charge in [0.2, 0.25) is 0 Å². The van der Waals surface area contributed by atoms with Gasteiger partial charge in [0, 0.05) is 6.54 Å². The van der Waals surface area contributed by atoms with E-state index in [0.29, 0.717) is 22.2 Å². The van der Waals surface area contributed by atoms with Crippen molar-refractivity contribution in [3.63, 3.8) is 0 Å². The quantitative estimate of drug-likeness (QED) is 0.859. The van der Waals surface area contributed by atoms with Crippen LogP contribution in [0, 0.1) is 12.7 Å². The van der Waals surface area contributed by atoms with E-state index >= 15 is 0 Å². The molecule has 6 heteroatoms. The number of nitrogens with one attached hydrogen (secondary N) is 1. The summed E-state index contributed by atoms with van der Waals surface area (Å²) in [6.45, 7) is 7.78. The minimum atomic E-state index is -0.533. The minimum Gasteiger partial charge on any atom is -0.456 e. The molecule has 1 aromatic heterocycles. The lowest BCUT2D eigenvalue weighted by Crippen LogP contribution is -2.23. The number of aryl methyl sites for hydroxylation is 1. The zero-order valence-electron chi connectivity index (χ0n) is 13.1. The number of nitrogens with zero attached hydrogens (tertiary/aromatic N) is 1. The molecule has 0 saturated carbocycles. The number of carbonyl (C=O) groups excluding carboxylic acids is 1. The van der Waals surface area contributed by atoms with E-state index in [2.05, 4.69) is 10.3 Å². The number of esters is 1. The van der Waals surface area contributed by atoms with Crippen LogP contribution in [0.25, 0.3) is 0 Å². The number of thiazole rings is 1. The van der Waals surface area contributed by atoms with Gasteiger partial charge in [-0.05, 0) is 45.4 Å². The number of rotatable bonds is 4. The highest BCUT2D eigenvalue weighted by atomic mass is 32.1. The lowest BCUT2D eigenvalue weighted by Gasteiger charge is -2.18. The third kappa shape index (κ3) is 4.53. The summed E-state index contributed by atoms with van der Waals surface area (Å²) < 4.78 is 18.2. The highest BCUT2D eigenvalue weighted by molar-refractivity contribution is 7.17. The first-order valence-corrected chi connectivity index (χ1v) is 7.75. The standard InChI is InChI=1S/C16H19FN2O2S/c1-10-13(14(20)21-16(2,3)4)22-15(19-10)18-9-11-5-7-12(17)8-6-11/h5-8H,9H2,1-4H3,(H,18,19). The van der Waals surface area contributed by atoms with Gasteiger partial charge in [-0.15, -0.1) is 0 Å². The SMILES string of the molecule is Cc1nc(NCc2ccc(F)cc2)sc1C(=O)OC(C)(C)C. The molecule has 0 atom stereocenters. The van der Waals surface area contributed by atoms with E-state index in [1.165, 1.54) is 23.5 Å². The molecule has 1 aromatic carbocycles. The van der Waals surface area contributed by atoms with Gasteiger partial charge in [0.05, 0.1) is 5.69 Å². The molecule has 2 aromatic rings. The lowest BCUT2D eigenvalue weighted by atomic mass is 10.2. The van der Waals surface area contributed by atoms with Crippen molar-refractivity contribution in [2.75, 3.05) is 5.32 Å². The zero-order valence-corrected chi connectivity index (χ0v) is 13.9. The van der Waals surface area contributed by atoms with Crippen molar-refractivity contribution in [3.05, 3.63) is 46.2 Å². The molecular formula is C16H19FN2O2S. The Bertz CT molecular complexity index is 660. The Morgan fingerprint density at radius 2 is 1.95 bits per heavy atom. The maximum atomic E-state index is 12.8. The smallest absolute Gasteiger partial charge is 0.350 e. The monoisotopic (exact) mass is 322 g/mol. The molecule has 22 heavy (non-hydrogen) atoms. The van der Waals surface area contributed by atoms with E-state index in [1.54, 1.807) is 19.1 Å². The van der Waals surface area contributed by atoms with E-state index in [0.717, 1.165) is 5.56 Å². The van der Waals surface area contributed by atoms with Crippen molar-refractivity contribution in [1.82, 2.24) is 4.98 Å². The van der Waals surface area contributed by atoms with Gasteiger partial charge in [0.1, 0.15) is 16.3 Å². The van der Waals surface area contributed by atoms with Crippen LogP contribution in [0.15, 0.2) is 24.3 Å². The first-order chi connectivity index (χ1) is 10.2. The minimum absolute atomic E-state index is 0.263. The van der Waals surface area contributed by atoms with Gasteiger partial charge in [0.25, 0.3) is 0 Å². The second kappa shape index (κ2) is 6.44. The molecule has 2 rings (SSSR count). The predicted molar refractivity (Wildman–Crippen MR) is 85.7 cm³/mol. The van der Waals surface area contributed by atoms with Crippen molar-refractivity contribution in [2.45, 2.75) is 39.8 Å². The Kier molecular flexibility index (Phi) is 4.81. The van der Waals surface area contributed by atoms with Crippen molar-refractivity contribution in [2.24, 2.45) is 0 Å². The molecule has 0 aliphatic heterocycles. The summed E-state index contributed by atoms with van der Waals surface area (Å²) in [6, 6.07) is 6.24. The summed E-state index contributed by atoms with van der Waals surface area (Å²) in [4.78, 5) is 16.9. The summed E-state index contributed by atoms with van der Waals surface area (Å²) in [5, 5.41) is 3.78. The molecular weight excluding hydrogens is 303 g/mol. The first-order valence-electron chi connectivity index (χ1n) is 6.94. The van der Waals surface area contributed by atoms with Gasteiger partial charge in [-0.3, -0.25) is 0 Å². The Morgan fingerprint density at radius 1 is 1.32 bits per heavy atom. The zero-order chi connectivity index (χ0) is 16.3. The van der Waals surface area contributed by atoms with E-state index < -0.39 is 5.60 Å². The summed E-state index contributed by atoms with van der Waals surface area (Å²) in [5.74, 6) is -0.626. The number of halogens is 1. The number of aromatic nitrogens is 1. The lowest BCUT2D eigenvalue weighted by molar-refractivity contribution is 0.00742. The van der Waals surface area contributed by atoms with Crippen molar-refractivity contribution < 1.29 is 13.9 Å². The molecule has 0 saturated heterocycles. The van der Waals surface area contributed by atoms with Crippen molar-refractivity contribution in [3.8, 4) is 0 Å². The summed E-state index contributed by atoms with van der Waals surface area (Å²) in [7, 11) is 0. The number of anilines is 1. The van der Waals surface area contributed by atoms with Crippen molar-refractivity contribution in [1.29, 1.82) is 0 Å². The average Bonchev–Trinajstić information content (AvgIpc) is 2.77. The van der Waals surface area contributed by atoms with Crippen LogP contribution in [0.1, 0.15) is 41.7 Å². The van der Waals surface area contributed by atoms with Crippen LogP contribution in [-0.2, 0) is 11.3 Å². The molecule has 0 aliphatic carbocycles. The topological polar surface area (TPSA) is 51.2 Å². The van der Waals surface area contributed by atoms with Crippen LogP contribution in [0.4, 0.5) is 9.52 Å². The molecule has 0 bridgehead atoms. The van der Waals surface area contributed by atoms with Crippen LogP contribution < -0.4 is 5.32 Å². The van der Waals surface area contributed by atoms with Gasteiger partial charge in [-0.1, -0.05) is 23.5 Å². The highest BCUT2D eigenvalue weighted by Gasteiger charge is 2.22. The molecule has 0 fully saturated rings. The molecule has 1 N–H and O–H groups in total. The Balaban J connectivity index is 2.03. The third-order valence-electron chi connectivity index (χ3n) is 2.74. The van der Waals surface area contributed by atoms with E-state index in [-0.39, 0.29) is 11.8 Å². The molecule has 4 nitrogen and oxygen atoms in total. The highest BCUT2D eigenvalue weighted by Crippen LogP contribution is 2.25. The van der Waals surface area contributed by atoms with E-state index in [1.807, 2.05) is 20.8 Å². The second-order valence-electron chi connectivity index (χ2n) is 5.92. The van der Waals surface area contributed by atoms with Crippen LogP contribution in [0.3, 0.4) is 0 Å². The Labute approximate surface area is 133 Å². The van der Waals surface area contributed by atoms with E-state index in [9.17, 15) is 9.18 Å². The van der Waals surface area contributed by atoms with Crippen molar-refractivity contribution >= 4 is 22.4 Å². The normalized spacial score (nSPS) is 11.3. The number of ether oxygens (including phenoxy) is 1. The largest absolute Gasteiger partial charge is 0.456 e. The maximum Gasteiger partial charge on any atom is 0.350 e. The van der Waals surface area contributed by atoms with E-state index in [4.69, 9.17) is 4.74 Å². The second-order valence-corrected chi connectivity index (χ2v) is 6.91. The maximum absolute atomic E-state index is 12.8. The number of benzene rings is 1. The van der Waals surface area contributed by atoms with Gasteiger partial charge in [-0.25, -0.2) is 14.2 Å². The van der Waals surface area contributed by atoms with Crippen LogP contribution in [-0.4, -0.2) is 16.6 Å². The molecule has 0 radical (unpaired) electrons. The fourth-order valence-corrected chi connectivity index (χ4v) is 2.60. The Morgan fingerprint density at radius 3 is 2.55 bits per heavy atom. The summed E-state index contributed by atoms with van der Waals surface area (Å²) >= 11 is 1.26. The van der Waals surface area contributed by atoms with Gasteiger partial charge < -0.3 is 10.1 Å².